The average molecular weight is 827 g/mol. The third-order valence-electron chi connectivity index (χ3n) is 11.5. The Hall–Kier alpha value is -5.14. The summed E-state index contributed by atoms with van der Waals surface area (Å²) in [6.45, 7) is 2.05. The third-order valence-corrected chi connectivity index (χ3v) is 11.5. The van der Waals surface area contributed by atoms with Gasteiger partial charge in [-0.3, -0.25) is 24.1 Å². The number of hydrogen-bond acceptors (Lipinski definition) is 10. The summed E-state index contributed by atoms with van der Waals surface area (Å²) in [5.74, 6) is 0.102. The topological polar surface area (TPSA) is 183 Å². The van der Waals surface area contributed by atoms with Crippen LogP contribution in [0.15, 0.2) is 82.0 Å². The first-order valence-corrected chi connectivity index (χ1v) is 21.8. The van der Waals surface area contributed by atoms with Crippen molar-refractivity contribution in [1.29, 1.82) is 0 Å². The van der Waals surface area contributed by atoms with Crippen LogP contribution in [-0.4, -0.2) is 38.6 Å². The molecule has 2 fully saturated rings. The van der Waals surface area contributed by atoms with Crippen molar-refractivity contribution in [2.45, 2.75) is 148 Å². The standard InChI is InChI=1S/C24H32N2O4.C23H30N2O5/c1-18(27)22-17-29-24(25-22)21(14-8-13-19-9-4-2-5-10-19)15-23(28)26-30-16-20-11-6-3-7-12-20;26-21(25-30-15-18-10-5-2-6-11-18)14-19(22-24-20(16-29-22)23(27)28)13-7-12-17-8-3-1-4-9-17/h3,6-7,11-12,17,19,21H,2,4-5,8-10,13-16H2,1H3,(H,26,28);2,5-6,10-11,16-17,19H,1,3-4,7-9,12-15H2,(H,25,26)(H,27,28)/t21-;19-/m11/s1. The van der Waals surface area contributed by atoms with E-state index < -0.39 is 5.97 Å². The Kier molecular flexibility index (Phi) is 19.5. The van der Waals surface area contributed by atoms with E-state index in [1.165, 1.54) is 83.8 Å². The van der Waals surface area contributed by atoms with Crippen LogP contribution in [0.2, 0.25) is 0 Å². The van der Waals surface area contributed by atoms with Crippen LogP contribution in [0.3, 0.4) is 0 Å². The highest BCUT2D eigenvalue weighted by atomic mass is 16.7. The van der Waals surface area contributed by atoms with Crippen LogP contribution < -0.4 is 11.0 Å². The van der Waals surface area contributed by atoms with Gasteiger partial charge in [-0.2, -0.15) is 0 Å². The van der Waals surface area contributed by atoms with E-state index in [2.05, 4.69) is 20.9 Å². The first-order chi connectivity index (χ1) is 29.2. The molecule has 2 amide bonds. The second-order valence-corrected chi connectivity index (χ2v) is 16.3. The number of nitrogens with zero attached hydrogens (tertiary/aromatic N) is 2. The van der Waals surface area contributed by atoms with Gasteiger partial charge in [-0.25, -0.2) is 25.7 Å². The molecule has 0 unspecified atom stereocenters. The SMILES string of the molecule is CC(=O)c1coc([C@H](CCCC2CCCCC2)CC(=O)NOCc2ccccc2)n1.O=C(C[C@@H](CCCC1CCCCC1)c1nc(C(=O)O)co1)NOCc1ccccc1. The molecule has 4 aromatic rings. The molecular formula is C47H62N4O9. The predicted molar refractivity (Wildman–Crippen MR) is 224 cm³/mol. The fraction of sp³-hybridized carbons (Fsp3) is 0.532. The Morgan fingerprint density at radius 3 is 1.45 bits per heavy atom. The van der Waals surface area contributed by atoms with E-state index >= 15 is 0 Å². The molecule has 2 aliphatic carbocycles. The van der Waals surface area contributed by atoms with E-state index in [1.807, 2.05) is 60.7 Å². The lowest BCUT2D eigenvalue weighted by Gasteiger charge is -2.22. The number of carboxylic acids is 1. The largest absolute Gasteiger partial charge is 0.476 e. The van der Waals surface area contributed by atoms with Crippen molar-refractivity contribution in [3.8, 4) is 0 Å². The zero-order valence-electron chi connectivity index (χ0n) is 35.0. The molecular weight excluding hydrogens is 765 g/mol. The fourth-order valence-corrected chi connectivity index (χ4v) is 8.17. The summed E-state index contributed by atoms with van der Waals surface area (Å²) >= 11 is 0. The van der Waals surface area contributed by atoms with Crippen molar-refractivity contribution in [2.24, 2.45) is 11.8 Å². The van der Waals surface area contributed by atoms with Gasteiger partial charge in [0.25, 0.3) is 0 Å². The molecule has 2 atom stereocenters. The van der Waals surface area contributed by atoms with E-state index in [0.717, 1.165) is 61.3 Å². The van der Waals surface area contributed by atoms with Gasteiger partial charge in [-0.15, -0.1) is 0 Å². The average Bonchev–Trinajstić information content (AvgIpc) is 3.97. The number of hydrogen-bond donors (Lipinski definition) is 3. The highest BCUT2D eigenvalue weighted by Gasteiger charge is 2.25. The van der Waals surface area contributed by atoms with Crippen molar-refractivity contribution < 1.29 is 42.8 Å². The van der Waals surface area contributed by atoms with Crippen LogP contribution in [0, 0.1) is 11.8 Å². The summed E-state index contributed by atoms with van der Waals surface area (Å²) in [5.41, 5.74) is 7.12. The molecule has 60 heavy (non-hydrogen) atoms. The summed E-state index contributed by atoms with van der Waals surface area (Å²) in [5, 5.41) is 9.11. The molecule has 2 aromatic carbocycles. The molecule has 2 aliphatic rings. The zero-order valence-corrected chi connectivity index (χ0v) is 35.0. The number of carbonyl (C=O) groups excluding carboxylic acids is 3. The van der Waals surface area contributed by atoms with Crippen LogP contribution in [0.25, 0.3) is 0 Å². The number of benzene rings is 2. The summed E-state index contributed by atoms with van der Waals surface area (Å²) in [7, 11) is 0. The molecule has 13 heteroatoms. The minimum atomic E-state index is -1.14. The van der Waals surface area contributed by atoms with Crippen LogP contribution in [0.4, 0.5) is 0 Å². The van der Waals surface area contributed by atoms with Gasteiger partial charge in [0, 0.05) is 31.6 Å². The number of rotatable bonds is 22. The molecule has 6 rings (SSSR count). The fourth-order valence-electron chi connectivity index (χ4n) is 8.17. The van der Waals surface area contributed by atoms with Crippen molar-refractivity contribution in [2.75, 3.05) is 0 Å². The highest BCUT2D eigenvalue weighted by Crippen LogP contribution is 2.33. The Labute approximate surface area is 353 Å². The number of amides is 2. The summed E-state index contributed by atoms with van der Waals surface area (Å²) < 4.78 is 10.9. The van der Waals surface area contributed by atoms with Crippen molar-refractivity contribution in [3.05, 3.63) is 107 Å². The van der Waals surface area contributed by atoms with E-state index in [0.29, 0.717) is 24.1 Å². The van der Waals surface area contributed by atoms with Gasteiger partial charge in [0.05, 0.1) is 13.2 Å². The number of nitrogens with one attached hydrogen (secondary N) is 2. The molecule has 2 aromatic heterocycles. The molecule has 3 N–H and O–H groups in total. The Bertz CT molecular complexity index is 1730. The van der Waals surface area contributed by atoms with Gasteiger partial charge in [-0.1, -0.05) is 151 Å². The summed E-state index contributed by atoms with van der Waals surface area (Å²) in [4.78, 5) is 66.6. The molecule has 0 aliphatic heterocycles. The molecule has 324 valence electrons. The Balaban J connectivity index is 0.000000228. The zero-order chi connectivity index (χ0) is 42.4. The maximum Gasteiger partial charge on any atom is 0.357 e. The number of aromatic carboxylic acids is 1. The van der Waals surface area contributed by atoms with Crippen molar-refractivity contribution in [1.82, 2.24) is 20.9 Å². The van der Waals surface area contributed by atoms with E-state index in [9.17, 15) is 19.2 Å². The lowest BCUT2D eigenvalue weighted by molar-refractivity contribution is -0.135. The molecule has 0 saturated heterocycles. The van der Waals surface area contributed by atoms with Crippen molar-refractivity contribution >= 4 is 23.6 Å². The first-order valence-electron chi connectivity index (χ1n) is 21.8. The number of oxazole rings is 2. The summed E-state index contributed by atoms with van der Waals surface area (Å²) in [6.07, 6.45) is 21.8. The molecule has 0 bridgehead atoms. The van der Waals surface area contributed by atoms with Crippen LogP contribution >= 0.6 is 0 Å². The number of aromatic nitrogens is 2. The van der Waals surface area contributed by atoms with E-state index in [1.54, 1.807) is 0 Å². The molecule has 2 saturated carbocycles. The van der Waals surface area contributed by atoms with Gasteiger partial charge in [0.15, 0.2) is 23.3 Å². The lowest BCUT2D eigenvalue weighted by atomic mass is 9.84. The third kappa shape index (κ3) is 16.5. The lowest BCUT2D eigenvalue weighted by Crippen LogP contribution is -2.25. The van der Waals surface area contributed by atoms with Crippen LogP contribution in [-0.2, 0) is 32.5 Å². The quantitative estimate of drug-likeness (QED) is 0.0506. The number of ketones is 1. The maximum atomic E-state index is 12.5. The predicted octanol–water partition coefficient (Wildman–Crippen LogP) is 10.2. The monoisotopic (exact) mass is 826 g/mol. The van der Waals surface area contributed by atoms with Crippen LogP contribution in [0.5, 0.6) is 0 Å². The molecule has 2 heterocycles. The van der Waals surface area contributed by atoms with Gasteiger partial charge in [-0.05, 0) is 35.8 Å². The molecule has 0 spiro atoms. The van der Waals surface area contributed by atoms with Crippen molar-refractivity contribution in [3.63, 3.8) is 0 Å². The number of Topliss-reactive ketones (excluding diaryl/α,β-unsaturated/α-hetero) is 1. The van der Waals surface area contributed by atoms with Gasteiger partial charge in [0.2, 0.25) is 11.8 Å². The van der Waals surface area contributed by atoms with Gasteiger partial charge < -0.3 is 13.9 Å². The molecule has 13 nitrogen and oxygen atoms in total. The Morgan fingerprint density at radius 1 is 0.650 bits per heavy atom. The maximum absolute atomic E-state index is 12.5. The van der Waals surface area contributed by atoms with Crippen LogP contribution in [0.1, 0.15) is 178 Å². The number of hydroxylamine groups is 2. The highest BCUT2D eigenvalue weighted by molar-refractivity contribution is 5.91. The minimum absolute atomic E-state index is 0.136. The first kappa shape index (κ1) is 45.9. The van der Waals surface area contributed by atoms with E-state index in [4.69, 9.17) is 23.6 Å². The smallest absolute Gasteiger partial charge is 0.357 e. The van der Waals surface area contributed by atoms with Gasteiger partial charge >= 0.3 is 5.97 Å². The number of carbonyl (C=O) groups is 4. The number of carboxylic acid groups (broad SMARTS) is 1. The summed E-state index contributed by atoms with van der Waals surface area (Å²) in [6, 6.07) is 19.2. The minimum Gasteiger partial charge on any atom is -0.476 e. The Morgan fingerprint density at radius 2 is 1.07 bits per heavy atom. The normalized spacial score (nSPS) is 15.6. The second-order valence-electron chi connectivity index (χ2n) is 16.3. The second kappa shape index (κ2) is 25.5. The van der Waals surface area contributed by atoms with Gasteiger partial charge in [0.1, 0.15) is 18.2 Å². The van der Waals surface area contributed by atoms with E-state index in [-0.39, 0.29) is 54.6 Å². The molecule has 0 radical (unpaired) electrons.